The van der Waals surface area contributed by atoms with Crippen LogP contribution < -0.4 is 0 Å². The molecule has 0 spiro atoms. The maximum Gasteiger partial charge on any atom is 0.153 e. The summed E-state index contributed by atoms with van der Waals surface area (Å²) in [5, 5.41) is 10.6. The fraction of sp³-hybridized carbons (Fsp3) is 0.962. The summed E-state index contributed by atoms with van der Waals surface area (Å²) >= 11 is 0. The van der Waals surface area contributed by atoms with Crippen molar-refractivity contribution in [1.29, 1.82) is 0 Å². The molecule has 1 saturated heterocycles. The molecule has 4 aliphatic carbocycles. The Hall–Kier alpha value is -0.450. The highest BCUT2D eigenvalue weighted by molar-refractivity contribution is 5.87. The molecule has 170 valence electrons. The van der Waals surface area contributed by atoms with Gasteiger partial charge in [-0.2, -0.15) is 0 Å². The van der Waals surface area contributed by atoms with Crippen LogP contribution in [0, 0.1) is 40.9 Å². The Morgan fingerprint density at radius 2 is 1.70 bits per heavy atom. The van der Waals surface area contributed by atoms with Gasteiger partial charge in [0.1, 0.15) is 0 Å². The van der Waals surface area contributed by atoms with Crippen LogP contribution in [-0.4, -0.2) is 53.7 Å². The molecule has 5 aliphatic rings. The summed E-state index contributed by atoms with van der Waals surface area (Å²) in [4.78, 5) is 16.0. The second-order valence-corrected chi connectivity index (χ2v) is 12.1. The quantitative estimate of drug-likeness (QED) is 0.744. The molecule has 1 heterocycles. The van der Waals surface area contributed by atoms with Gasteiger partial charge in [0.25, 0.3) is 0 Å². The summed E-state index contributed by atoms with van der Waals surface area (Å²) in [6.07, 6.45) is 10.8. The van der Waals surface area contributed by atoms with E-state index in [1.807, 2.05) is 0 Å². The summed E-state index contributed by atoms with van der Waals surface area (Å²) in [7, 11) is 0. The Bertz CT molecular complexity index is 657. The Labute approximate surface area is 183 Å². The van der Waals surface area contributed by atoms with Gasteiger partial charge in [-0.05, 0) is 107 Å². The first-order valence-electron chi connectivity index (χ1n) is 12.9. The standard InChI is InChI=1S/C26H43NO3/c1-17(27-12-14-30-15-13-27)24(28)23-7-6-22-21-5-4-18-16-25(2,29)10-8-19(18)20(21)9-11-26(22,23)3/h17-23,29H,4-16H2,1-3H3/t17?,18?,19-,20+,21+,22-,23+,25+,26-/m0/s1. The van der Waals surface area contributed by atoms with E-state index >= 15 is 0 Å². The van der Waals surface area contributed by atoms with Crippen LogP contribution in [0.4, 0.5) is 0 Å². The van der Waals surface area contributed by atoms with Crippen molar-refractivity contribution in [3.05, 3.63) is 0 Å². The van der Waals surface area contributed by atoms with Gasteiger partial charge in [-0.15, -0.1) is 0 Å². The minimum Gasteiger partial charge on any atom is -0.390 e. The van der Waals surface area contributed by atoms with E-state index in [9.17, 15) is 9.90 Å². The summed E-state index contributed by atoms with van der Waals surface area (Å²) in [6.45, 7) is 10.0. The van der Waals surface area contributed by atoms with Gasteiger partial charge in [0, 0.05) is 19.0 Å². The minimum atomic E-state index is -0.433. The van der Waals surface area contributed by atoms with E-state index < -0.39 is 5.60 Å². The molecule has 0 amide bonds. The molecular formula is C26H43NO3. The Morgan fingerprint density at radius 1 is 0.967 bits per heavy atom. The van der Waals surface area contributed by atoms with Crippen molar-refractivity contribution in [3.63, 3.8) is 0 Å². The van der Waals surface area contributed by atoms with Gasteiger partial charge < -0.3 is 9.84 Å². The first-order chi connectivity index (χ1) is 14.3. The van der Waals surface area contributed by atoms with Gasteiger partial charge in [-0.25, -0.2) is 0 Å². The number of hydrogen-bond acceptors (Lipinski definition) is 4. The van der Waals surface area contributed by atoms with Crippen LogP contribution in [0.5, 0.6) is 0 Å². The van der Waals surface area contributed by atoms with Gasteiger partial charge in [-0.3, -0.25) is 9.69 Å². The van der Waals surface area contributed by atoms with Crippen molar-refractivity contribution in [2.45, 2.75) is 90.2 Å². The fourth-order valence-electron chi connectivity index (χ4n) is 8.98. The van der Waals surface area contributed by atoms with E-state index in [2.05, 4.69) is 25.7 Å². The van der Waals surface area contributed by atoms with E-state index in [1.54, 1.807) is 0 Å². The molecule has 4 nitrogen and oxygen atoms in total. The molecule has 1 aliphatic heterocycles. The van der Waals surface area contributed by atoms with Crippen LogP contribution in [0.1, 0.15) is 78.6 Å². The Kier molecular flexibility index (Phi) is 5.60. The number of fused-ring (bicyclic) bond motifs is 5. The number of rotatable bonds is 3. The number of hydrogen-bond donors (Lipinski definition) is 1. The van der Waals surface area contributed by atoms with Crippen molar-refractivity contribution in [3.8, 4) is 0 Å². The molecule has 2 unspecified atom stereocenters. The number of Topliss-reactive ketones (excluding diaryl/α,β-unsaturated/α-hetero) is 1. The van der Waals surface area contributed by atoms with E-state index in [0.29, 0.717) is 5.78 Å². The number of carbonyl (C=O) groups excluding carboxylic acids is 1. The molecule has 0 aromatic carbocycles. The lowest BCUT2D eigenvalue weighted by Crippen LogP contribution is -2.53. The van der Waals surface area contributed by atoms with E-state index in [4.69, 9.17) is 4.74 Å². The largest absolute Gasteiger partial charge is 0.390 e. The second-order valence-electron chi connectivity index (χ2n) is 12.1. The monoisotopic (exact) mass is 417 g/mol. The Balaban J connectivity index is 1.30. The predicted octanol–water partition coefficient (Wildman–Crippen LogP) is 4.30. The van der Waals surface area contributed by atoms with E-state index in [0.717, 1.165) is 75.2 Å². The van der Waals surface area contributed by atoms with Crippen LogP contribution in [0.25, 0.3) is 0 Å². The van der Waals surface area contributed by atoms with Crippen molar-refractivity contribution >= 4 is 5.78 Å². The SMILES string of the molecule is CC(C(=O)[C@H]1CC[C@H]2[C@@H]3CCC4C[C@](C)(O)CC[C@@H]4[C@H]3CC[C@]12C)N1CCOCC1. The van der Waals surface area contributed by atoms with Crippen LogP contribution in [0.3, 0.4) is 0 Å². The number of nitrogens with zero attached hydrogens (tertiary/aromatic N) is 1. The molecule has 5 fully saturated rings. The fourth-order valence-corrected chi connectivity index (χ4v) is 8.98. The van der Waals surface area contributed by atoms with Gasteiger partial charge in [0.05, 0.1) is 24.9 Å². The number of morpholine rings is 1. The second kappa shape index (κ2) is 7.85. The smallest absolute Gasteiger partial charge is 0.153 e. The van der Waals surface area contributed by atoms with Crippen LogP contribution >= 0.6 is 0 Å². The summed E-state index contributed by atoms with van der Waals surface area (Å²) < 4.78 is 5.51. The minimum absolute atomic E-state index is 0.0449. The summed E-state index contributed by atoms with van der Waals surface area (Å²) in [5.74, 6) is 4.75. The lowest BCUT2D eigenvalue weighted by atomic mass is 9.49. The van der Waals surface area contributed by atoms with E-state index in [1.165, 1.54) is 38.5 Å². The molecule has 0 radical (unpaired) electrons. The molecule has 4 heteroatoms. The van der Waals surface area contributed by atoms with Gasteiger partial charge in [0.15, 0.2) is 5.78 Å². The number of aliphatic hydroxyl groups is 1. The normalized spacial score (nSPS) is 50.3. The zero-order valence-corrected chi connectivity index (χ0v) is 19.4. The summed E-state index contributed by atoms with van der Waals surface area (Å²) in [5.41, 5.74) is -0.219. The third-order valence-corrected chi connectivity index (χ3v) is 10.6. The van der Waals surface area contributed by atoms with Gasteiger partial charge in [-0.1, -0.05) is 6.92 Å². The zero-order valence-electron chi connectivity index (χ0n) is 19.4. The third-order valence-electron chi connectivity index (χ3n) is 10.6. The average Bonchev–Trinajstić information content (AvgIpc) is 3.09. The zero-order chi connectivity index (χ0) is 21.1. The maximum atomic E-state index is 13.7. The van der Waals surface area contributed by atoms with Crippen LogP contribution in [0.15, 0.2) is 0 Å². The first-order valence-corrected chi connectivity index (χ1v) is 12.9. The Morgan fingerprint density at radius 3 is 2.47 bits per heavy atom. The number of ketones is 1. The molecule has 5 rings (SSSR count). The molecule has 30 heavy (non-hydrogen) atoms. The maximum absolute atomic E-state index is 13.7. The lowest BCUT2D eigenvalue weighted by Gasteiger charge is -2.57. The highest BCUT2D eigenvalue weighted by Crippen LogP contribution is 2.64. The molecule has 9 atom stereocenters. The van der Waals surface area contributed by atoms with Crippen molar-refractivity contribution < 1.29 is 14.6 Å². The molecule has 0 bridgehead atoms. The summed E-state index contributed by atoms with van der Waals surface area (Å²) in [6, 6.07) is 0.0449. The van der Waals surface area contributed by atoms with Gasteiger partial charge >= 0.3 is 0 Å². The average molecular weight is 418 g/mol. The third kappa shape index (κ3) is 3.49. The molecule has 0 aromatic heterocycles. The lowest BCUT2D eigenvalue weighted by molar-refractivity contribution is -0.138. The van der Waals surface area contributed by atoms with E-state index in [-0.39, 0.29) is 17.4 Å². The molecular weight excluding hydrogens is 374 g/mol. The molecule has 0 aromatic rings. The van der Waals surface area contributed by atoms with Crippen LogP contribution in [0.2, 0.25) is 0 Å². The van der Waals surface area contributed by atoms with Crippen molar-refractivity contribution in [1.82, 2.24) is 4.90 Å². The predicted molar refractivity (Wildman–Crippen MR) is 118 cm³/mol. The van der Waals surface area contributed by atoms with Crippen LogP contribution in [-0.2, 0) is 9.53 Å². The highest BCUT2D eigenvalue weighted by atomic mass is 16.5. The van der Waals surface area contributed by atoms with Crippen molar-refractivity contribution in [2.75, 3.05) is 26.3 Å². The molecule has 1 N–H and O–H groups in total. The van der Waals surface area contributed by atoms with Gasteiger partial charge in [0.2, 0.25) is 0 Å². The molecule has 4 saturated carbocycles. The number of ether oxygens (including phenoxy) is 1. The highest BCUT2D eigenvalue weighted by Gasteiger charge is 2.59. The number of carbonyl (C=O) groups is 1. The first kappa shape index (κ1) is 21.4. The topological polar surface area (TPSA) is 49.8 Å². The van der Waals surface area contributed by atoms with Crippen molar-refractivity contribution in [2.24, 2.45) is 40.9 Å².